The molecule has 0 spiro atoms. The number of piperidine rings is 1. The van der Waals surface area contributed by atoms with Crippen molar-refractivity contribution >= 4 is 23.3 Å². The molecule has 2 amide bonds. The molecule has 0 unspecified atom stereocenters. The van der Waals surface area contributed by atoms with E-state index in [0.717, 1.165) is 30.0 Å². The van der Waals surface area contributed by atoms with E-state index in [1.165, 1.54) is 19.3 Å². The number of nitrogens with one attached hydrogen (secondary N) is 2. The minimum absolute atomic E-state index is 0.0559. The highest BCUT2D eigenvalue weighted by molar-refractivity contribution is 6.01. The number of nitrogens with zero attached hydrogens (tertiary/aromatic N) is 2. The summed E-state index contributed by atoms with van der Waals surface area (Å²) in [4.78, 5) is 32.6. The van der Waals surface area contributed by atoms with Crippen molar-refractivity contribution in [3.05, 3.63) is 53.2 Å². The molecule has 1 aromatic carbocycles. The fourth-order valence-corrected chi connectivity index (χ4v) is 3.87. The Labute approximate surface area is 179 Å². The summed E-state index contributed by atoms with van der Waals surface area (Å²) in [6.07, 6.45) is 5.36. The van der Waals surface area contributed by atoms with Gasteiger partial charge in [-0.25, -0.2) is 4.98 Å². The molecule has 1 saturated heterocycles. The number of hydrogen-bond acceptors (Lipinski definition) is 4. The van der Waals surface area contributed by atoms with E-state index in [1.54, 1.807) is 12.3 Å². The molecule has 0 aliphatic carbocycles. The Balaban J connectivity index is 1.69. The van der Waals surface area contributed by atoms with Crippen LogP contribution in [0.4, 0.5) is 11.5 Å². The van der Waals surface area contributed by atoms with Crippen molar-refractivity contribution in [1.82, 2.24) is 10.3 Å². The largest absolute Gasteiger partial charge is 0.356 e. The van der Waals surface area contributed by atoms with Crippen LogP contribution in [0.2, 0.25) is 0 Å². The van der Waals surface area contributed by atoms with E-state index in [0.29, 0.717) is 11.3 Å². The zero-order chi connectivity index (χ0) is 21.7. The third kappa shape index (κ3) is 5.17. The van der Waals surface area contributed by atoms with E-state index < -0.39 is 6.04 Å². The highest BCUT2D eigenvalue weighted by Crippen LogP contribution is 2.24. The lowest BCUT2D eigenvalue weighted by atomic mass is 10.0. The number of rotatable bonds is 6. The quantitative estimate of drug-likeness (QED) is 0.755. The van der Waals surface area contributed by atoms with Crippen molar-refractivity contribution in [3.8, 4) is 0 Å². The Hall–Kier alpha value is -2.89. The van der Waals surface area contributed by atoms with Gasteiger partial charge in [0, 0.05) is 18.7 Å². The van der Waals surface area contributed by atoms with Crippen LogP contribution in [0, 0.1) is 19.8 Å². The van der Waals surface area contributed by atoms with E-state index in [-0.39, 0.29) is 17.7 Å². The fourth-order valence-electron chi connectivity index (χ4n) is 3.87. The predicted molar refractivity (Wildman–Crippen MR) is 121 cm³/mol. The molecule has 2 aromatic rings. The molecule has 160 valence electrons. The summed E-state index contributed by atoms with van der Waals surface area (Å²) < 4.78 is 0. The summed E-state index contributed by atoms with van der Waals surface area (Å²) in [6, 6.07) is 8.69. The second-order valence-corrected chi connectivity index (χ2v) is 8.41. The molecule has 1 atom stereocenters. The number of hydrogen-bond donors (Lipinski definition) is 2. The van der Waals surface area contributed by atoms with Gasteiger partial charge in [0.2, 0.25) is 5.91 Å². The van der Waals surface area contributed by atoms with Gasteiger partial charge in [-0.1, -0.05) is 32.0 Å². The van der Waals surface area contributed by atoms with Crippen LogP contribution in [-0.4, -0.2) is 35.9 Å². The Morgan fingerprint density at radius 2 is 1.73 bits per heavy atom. The van der Waals surface area contributed by atoms with Gasteiger partial charge < -0.3 is 15.5 Å². The molecule has 1 fully saturated rings. The predicted octanol–water partition coefficient (Wildman–Crippen LogP) is 4.08. The summed E-state index contributed by atoms with van der Waals surface area (Å²) in [5.41, 5.74) is 3.15. The molecule has 6 heteroatoms. The molecule has 2 heterocycles. The molecule has 0 bridgehead atoms. The van der Waals surface area contributed by atoms with Crippen molar-refractivity contribution in [3.63, 3.8) is 0 Å². The van der Waals surface area contributed by atoms with Crippen molar-refractivity contribution in [2.45, 2.75) is 53.0 Å². The zero-order valence-corrected chi connectivity index (χ0v) is 18.4. The second kappa shape index (κ2) is 9.74. The van der Waals surface area contributed by atoms with Gasteiger partial charge in [0.15, 0.2) is 0 Å². The summed E-state index contributed by atoms with van der Waals surface area (Å²) in [7, 11) is 0. The van der Waals surface area contributed by atoms with E-state index in [4.69, 9.17) is 0 Å². The number of carbonyl (C=O) groups is 2. The molecule has 1 aromatic heterocycles. The first kappa shape index (κ1) is 21.8. The first-order valence-electron chi connectivity index (χ1n) is 10.8. The van der Waals surface area contributed by atoms with E-state index in [1.807, 2.05) is 52.0 Å². The van der Waals surface area contributed by atoms with Crippen LogP contribution >= 0.6 is 0 Å². The van der Waals surface area contributed by atoms with E-state index in [9.17, 15) is 9.59 Å². The van der Waals surface area contributed by atoms with Crippen LogP contribution in [0.1, 0.15) is 54.6 Å². The lowest BCUT2D eigenvalue weighted by Crippen LogP contribution is -2.47. The van der Waals surface area contributed by atoms with Gasteiger partial charge >= 0.3 is 0 Å². The number of anilines is 2. The fraction of sp³-hybridized carbons (Fsp3) is 0.458. The normalized spacial score (nSPS) is 15.0. The van der Waals surface area contributed by atoms with Gasteiger partial charge in [-0.3, -0.25) is 9.59 Å². The summed E-state index contributed by atoms with van der Waals surface area (Å²) in [6.45, 7) is 9.81. The molecular weight excluding hydrogens is 376 g/mol. The zero-order valence-electron chi connectivity index (χ0n) is 18.4. The van der Waals surface area contributed by atoms with Gasteiger partial charge in [0.05, 0.1) is 11.9 Å². The average molecular weight is 409 g/mol. The summed E-state index contributed by atoms with van der Waals surface area (Å²) in [5, 5.41) is 5.82. The van der Waals surface area contributed by atoms with Crippen molar-refractivity contribution in [2.75, 3.05) is 23.3 Å². The average Bonchev–Trinajstić information content (AvgIpc) is 2.72. The molecule has 0 radical (unpaired) electrons. The molecular formula is C24H32N4O2. The van der Waals surface area contributed by atoms with Crippen molar-refractivity contribution in [1.29, 1.82) is 0 Å². The monoisotopic (exact) mass is 408 g/mol. The lowest BCUT2D eigenvalue weighted by Gasteiger charge is -2.29. The Bertz CT molecular complexity index is 904. The molecule has 0 saturated carbocycles. The molecule has 6 nitrogen and oxygen atoms in total. The number of aryl methyl sites for hydroxylation is 2. The summed E-state index contributed by atoms with van der Waals surface area (Å²) >= 11 is 0. The molecule has 2 N–H and O–H groups in total. The SMILES string of the molecule is Cc1ccccc1C(=O)N[C@H](C(=O)Nc1cnc(N2CCCCC2)c(C)c1)C(C)C. The highest BCUT2D eigenvalue weighted by atomic mass is 16.2. The number of carbonyl (C=O) groups excluding carboxylic acids is 2. The van der Waals surface area contributed by atoms with Crippen LogP contribution in [0.25, 0.3) is 0 Å². The molecule has 1 aliphatic heterocycles. The van der Waals surface area contributed by atoms with Gasteiger partial charge in [-0.2, -0.15) is 0 Å². The van der Waals surface area contributed by atoms with Gasteiger partial charge in [0.1, 0.15) is 11.9 Å². The highest BCUT2D eigenvalue weighted by Gasteiger charge is 2.25. The Kier molecular flexibility index (Phi) is 7.08. The maximum absolute atomic E-state index is 12.9. The Morgan fingerprint density at radius 3 is 2.37 bits per heavy atom. The van der Waals surface area contributed by atoms with E-state index >= 15 is 0 Å². The molecule has 3 rings (SSSR count). The third-order valence-corrected chi connectivity index (χ3v) is 5.60. The maximum Gasteiger partial charge on any atom is 0.252 e. The smallest absolute Gasteiger partial charge is 0.252 e. The first-order valence-corrected chi connectivity index (χ1v) is 10.8. The molecule has 1 aliphatic rings. The standard InChI is InChI=1S/C24H32N4O2/c1-16(2)21(27-23(29)20-11-7-6-10-17(20)3)24(30)26-19-14-18(4)22(25-15-19)28-12-8-5-9-13-28/h6-7,10-11,14-16,21H,5,8-9,12-13H2,1-4H3,(H,26,30)(H,27,29)/t21-/m0/s1. The topological polar surface area (TPSA) is 74.3 Å². The van der Waals surface area contributed by atoms with E-state index in [2.05, 4.69) is 20.5 Å². The van der Waals surface area contributed by atoms with Crippen LogP contribution < -0.4 is 15.5 Å². The van der Waals surface area contributed by atoms with Crippen molar-refractivity contribution in [2.24, 2.45) is 5.92 Å². The van der Waals surface area contributed by atoms with Gasteiger partial charge in [-0.05, 0) is 62.3 Å². The van der Waals surface area contributed by atoms with Crippen molar-refractivity contribution < 1.29 is 9.59 Å². The Morgan fingerprint density at radius 1 is 1.03 bits per heavy atom. The maximum atomic E-state index is 12.9. The van der Waals surface area contributed by atoms with Crippen LogP contribution in [-0.2, 0) is 4.79 Å². The minimum Gasteiger partial charge on any atom is -0.356 e. The summed E-state index contributed by atoms with van der Waals surface area (Å²) in [5.74, 6) is 0.455. The lowest BCUT2D eigenvalue weighted by molar-refractivity contribution is -0.118. The molecule has 30 heavy (non-hydrogen) atoms. The van der Waals surface area contributed by atoms with Crippen LogP contribution in [0.5, 0.6) is 0 Å². The van der Waals surface area contributed by atoms with Crippen LogP contribution in [0.3, 0.4) is 0 Å². The second-order valence-electron chi connectivity index (χ2n) is 8.41. The van der Waals surface area contributed by atoms with Gasteiger partial charge in [-0.15, -0.1) is 0 Å². The number of amides is 2. The first-order chi connectivity index (χ1) is 14.4. The third-order valence-electron chi connectivity index (χ3n) is 5.60. The number of aromatic nitrogens is 1. The number of pyridine rings is 1. The minimum atomic E-state index is -0.640. The number of benzene rings is 1. The van der Waals surface area contributed by atoms with Crippen LogP contribution in [0.15, 0.2) is 36.5 Å². The van der Waals surface area contributed by atoms with Gasteiger partial charge in [0.25, 0.3) is 5.91 Å².